The summed E-state index contributed by atoms with van der Waals surface area (Å²) in [4.78, 5) is 6.73. The second-order valence-electron chi connectivity index (χ2n) is 4.98. The van der Waals surface area contributed by atoms with Gasteiger partial charge in [0.1, 0.15) is 5.15 Å². The van der Waals surface area contributed by atoms with E-state index in [0.717, 1.165) is 36.1 Å². The molecule has 0 amide bonds. The average molecular weight is 278 g/mol. The van der Waals surface area contributed by atoms with Gasteiger partial charge in [-0.1, -0.05) is 23.7 Å². The van der Waals surface area contributed by atoms with Gasteiger partial charge in [-0.05, 0) is 38.7 Å². The summed E-state index contributed by atoms with van der Waals surface area (Å²) in [6.45, 7) is 4.83. The van der Waals surface area contributed by atoms with Crippen LogP contribution in [0.3, 0.4) is 0 Å². The van der Waals surface area contributed by atoms with E-state index in [1.54, 1.807) is 0 Å². The van der Waals surface area contributed by atoms with Crippen molar-refractivity contribution in [2.45, 2.75) is 13.5 Å². The van der Waals surface area contributed by atoms with E-state index < -0.39 is 0 Å². The van der Waals surface area contributed by atoms with E-state index in [2.05, 4.69) is 53.4 Å². The third kappa shape index (κ3) is 3.66. The quantitative estimate of drug-likeness (QED) is 0.852. The van der Waals surface area contributed by atoms with E-state index in [-0.39, 0.29) is 0 Å². The molecule has 1 aromatic carbocycles. The van der Waals surface area contributed by atoms with Gasteiger partial charge in [-0.2, -0.15) is 0 Å². The van der Waals surface area contributed by atoms with Crippen molar-refractivity contribution in [3.05, 3.63) is 40.5 Å². The first-order chi connectivity index (χ1) is 9.10. The maximum Gasteiger partial charge on any atom is 0.134 e. The Kier molecular flexibility index (Phi) is 4.75. The lowest BCUT2D eigenvalue weighted by Gasteiger charge is -2.17. The van der Waals surface area contributed by atoms with Crippen molar-refractivity contribution in [1.82, 2.24) is 15.2 Å². The van der Waals surface area contributed by atoms with Crippen LogP contribution in [-0.2, 0) is 6.54 Å². The van der Waals surface area contributed by atoms with Crippen molar-refractivity contribution in [3.63, 3.8) is 0 Å². The first-order valence-electron chi connectivity index (χ1n) is 6.49. The van der Waals surface area contributed by atoms with Gasteiger partial charge in [0.15, 0.2) is 0 Å². The van der Waals surface area contributed by atoms with Crippen LogP contribution in [0.1, 0.15) is 11.1 Å². The first kappa shape index (κ1) is 14.3. The van der Waals surface area contributed by atoms with Crippen molar-refractivity contribution in [3.8, 4) is 0 Å². The SMILES string of the molecule is CNCCN(C)Cc1cc2ccc(C)cc2nc1Cl. The Morgan fingerprint density at radius 2 is 2.11 bits per heavy atom. The van der Waals surface area contributed by atoms with Crippen LogP contribution >= 0.6 is 11.6 Å². The fraction of sp³-hybridized carbons (Fsp3) is 0.400. The summed E-state index contributed by atoms with van der Waals surface area (Å²) in [5.74, 6) is 0. The second-order valence-corrected chi connectivity index (χ2v) is 5.33. The number of halogens is 1. The number of hydrogen-bond donors (Lipinski definition) is 1. The Morgan fingerprint density at radius 3 is 2.84 bits per heavy atom. The third-order valence-corrected chi connectivity index (χ3v) is 3.51. The van der Waals surface area contributed by atoms with Crippen molar-refractivity contribution < 1.29 is 0 Å². The predicted molar refractivity (Wildman–Crippen MR) is 81.8 cm³/mol. The molecule has 0 aliphatic heterocycles. The number of rotatable bonds is 5. The molecule has 19 heavy (non-hydrogen) atoms. The van der Waals surface area contributed by atoms with Crippen molar-refractivity contribution in [1.29, 1.82) is 0 Å². The largest absolute Gasteiger partial charge is 0.318 e. The molecule has 0 bridgehead atoms. The molecule has 0 spiro atoms. The lowest BCUT2D eigenvalue weighted by molar-refractivity contribution is 0.328. The molecule has 0 radical (unpaired) electrons. The van der Waals surface area contributed by atoms with Gasteiger partial charge in [-0.25, -0.2) is 4.98 Å². The number of pyridine rings is 1. The minimum atomic E-state index is 0.606. The Bertz CT molecular complexity index is 569. The lowest BCUT2D eigenvalue weighted by atomic mass is 10.1. The van der Waals surface area contributed by atoms with Crippen LogP contribution in [-0.4, -0.2) is 37.1 Å². The smallest absolute Gasteiger partial charge is 0.134 e. The molecule has 0 saturated heterocycles. The number of hydrogen-bond acceptors (Lipinski definition) is 3. The number of nitrogens with zero attached hydrogens (tertiary/aromatic N) is 2. The van der Waals surface area contributed by atoms with Crippen LogP contribution in [0.4, 0.5) is 0 Å². The fourth-order valence-corrected chi connectivity index (χ4v) is 2.29. The highest BCUT2D eigenvalue weighted by molar-refractivity contribution is 6.30. The number of aryl methyl sites for hydroxylation is 1. The molecule has 2 aromatic rings. The summed E-state index contributed by atoms with van der Waals surface area (Å²) in [5.41, 5.74) is 3.25. The van der Waals surface area contributed by atoms with Gasteiger partial charge in [-0.15, -0.1) is 0 Å². The Hall–Kier alpha value is -1.16. The number of aromatic nitrogens is 1. The van der Waals surface area contributed by atoms with E-state index in [9.17, 15) is 0 Å². The third-order valence-electron chi connectivity index (χ3n) is 3.18. The molecule has 0 fully saturated rings. The minimum absolute atomic E-state index is 0.606. The van der Waals surface area contributed by atoms with Gasteiger partial charge in [0.2, 0.25) is 0 Å². The zero-order valence-electron chi connectivity index (χ0n) is 11.7. The van der Waals surface area contributed by atoms with Gasteiger partial charge in [0.05, 0.1) is 5.52 Å². The first-order valence-corrected chi connectivity index (χ1v) is 6.87. The van der Waals surface area contributed by atoms with Gasteiger partial charge in [0, 0.05) is 30.6 Å². The van der Waals surface area contributed by atoms with Crippen LogP contribution in [0.2, 0.25) is 5.15 Å². The molecule has 4 heteroatoms. The predicted octanol–water partition coefficient (Wildman–Crippen LogP) is 2.85. The normalized spacial score (nSPS) is 11.4. The topological polar surface area (TPSA) is 28.2 Å². The number of benzene rings is 1. The molecular weight excluding hydrogens is 258 g/mol. The van der Waals surface area contributed by atoms with E-state index in [0.29, 0.717) is 5.15 Å². The molecule has 102 valence electrons. The minimum Gasteiger partial charge on any atom is -0.318 e. The monoisotopic (exact) mass is 277 g/mol. The summed E-state index contributed by atoms with van der Waals surface area (Å²) in [6.07, 6.45) is 0. The molecule has 2 rings (SSSR count). The van der Waals surface area contributed by atoms with E-state index in [1.807, 2.05) is 7.05 Å². The molecular formula is C15H20ClN3. The highest BCUT2D eigenvalue weighted by Crippen LogP contribution is 2.22. The van der Waals surface area contributed by atoms with Gasteiger partial charge in [-0.3, -0.25) is 0 Å². The van der Waals surface area contributed by atoms with Crippen LogP contribution in [0.25, 0.3) is 10.9 Å². The molecule has 0 aliphatic carbocycles. The summed E-state index contributed by atoms with van der Waals surface area (Å²) >= 11 is 6.28. The Morgan fingerprint density at radius 1 is 1.32 bits per heavy atom. The number of nitrogens with one attached hydrogen (secondary N) is 1. The van der Waals surface area contributed by atoms with Gasteiger partial charge in [0.25, 0.3) is 0 Å². The van der Waals surface area contributed by atoms with Crippen LogP contribution in [0.5, 0.6) is 0 Å². The number of likely N-dealkylation sites (N-methyl/N-ethyl adjacent to an activating group) is 2. The van der Waals surface area contributed by atoms with Crippen LogP contribution in [0, 0.1) is 6.92 Å². The molecule has 3 nitrogen and oxygen atoms in total. The molecule has 1 N–H and O–H groups in total. The zero-order chi connectivity index (χ0) is 13.8. The van der Waals surface area contributed by atoms with Crippen LogP contribution in [0.15, 0.2) is 24.3 Å². The maximum atomic E-state index is 6.28. The van der Waals surface area contributed by atoms with Gasteiger partial charge < -0.3 is 10.2 Å². The summed E-state index contributed by atoms with van der Waals surface area (Å²) in [6, 6.07) is 8.41. The van der Waals surface area contributed by atoms with Crippen LogP contribution < -0.4 is 5.32 Å². The maximum absolute atomic E-state index is 6.28. The second kappa shape index (κ2) is 6.33. The number of fused-ring (bicyclic) bond motifs is 1. The zero-order valence-corrected chi connectivity index (χ0v) is 12.5. The highest BCUT2D eigenvalue weighted by Gasteiger charge is 2.07. The average Bonchev–Trinajstić information content (AvgIpc) is 2.37. The fourth-order valence-electron chi connectivity index (χ4n) is 2.08. The van der Waals surface area contributed by atoms with E-state index in [4.69, 9.17) is 11.6 Å². The Balaban J connectivity index is 2.23. The summed E-state index contributed by atoms with van der Waals surface area (Å²) in [5, 5.41) is 4.90. The summed E-state index contributed by atoms with van der Waals surface area (Å²) < 4.78 is 0. The molecule has 0 unspecified atom stereocenters. The van der Waals surface area contributed by atoms with Crippen molar-refractivity contribution in [2.24, 2.45) is 0 Å². The van der Waals surface area contributed by atoms with E-state index in [1.165, 1.54) is 5.56 Å². The standard InChI is InChI=1S/C15H20ClN3/c1-11-4-5-12-9-13(10-19(3)7-6-17-2)15(16)18-14(12)8-11/h4-5,8-9,17H,6-7,10H2,1-3H3. The molecule has 0 aliphatic rings. The lowest BCUT2D eigenvalue weighted by Crippen LogP contribution is -2.27. The van der Waals surface area contributed by atoms with Crippen molar-refractivity contribution >= 4 is 22.5 Å². The van der Waals surface area contributed by atoms with Gasteiger partial charge >= 0.3 is 0 Å². The molecule has 1 heterocycles. The molecule has 0 saturated carbocycles. The summed E-state index contributed by atoms with van der Waals surface area (Å²) in [7, 11) is 4.05. The van der Waals surface area contributed by atoms with E-state index >= 15 is 0 Å². The highest BCUT2D eigenvalue weighted by atomic mass is 35.5. The molecule has 1 aromatic heterocycles. The Labute approximate surface area is 119 Å². The molecule has 0 atom stereocenters. The van der Waals surface area contributed by atoms with Crippen molar-refractivity contribution in [2.75, 3.05) is 27.2 Å².